The van der Waals surface area contributed by atoms with Gasteiger partial charge in [0.2, 0.25) is 0 Å². The van der Waals surface area contributed by atoms with Crippen LogP contribution in [-0.4, -0.2) is 0 Å². The first kappa shape index (κ1) is 46.8. The highest BCUT2D eigenvalue weighted by Gasteiger charge is 2.46. The van der Waals surface area contributed by atoms with E-state index >= 15 is 0 Å². The van der Waals surface area contributed by atoms with E-state index in [1.165, 1.54) is 120 Å². The number of hydrogen-bond acceptors (Lipinski definition) is 0. The predicted molar refractivity (Wildman–Crippen MR) is 297 cm³/mol. The van der Waals surface area contributed by atoms with E-state index in [1.54, 1.807) is 0 Å². The molecular formula is C69H66. The van der Waals surface area contributed by atoms with E-state index in [-0.39, 0.29) is 5.41 Å². The van der Waals surface area contributed by atoms with Crippen LogP contribution in [0.4, 0.5) is 0 Å². The van der Waals surface area contributed by atoms with E-state index in [9.17, 15) is 0 Å². The predicted octanol–water partition coefficient (Wildman–Crippen LogP) is 18.6. The summed E-state index contributed by atoms with van der Waals surface area (Å²) in [6.45, 7) is 11.2. The van der Waals surface area contributed by atoms with Gasteiger partial charge in [0.1, 0.15) is 0 Å². The Kier molecular flexibility index (Phi) is 14.8. The Bertz CT molecular complexity index is 3050. The third-order valence-electron chi connectivity index (χ3n) is 14.5. The highest BCUT2D eigenvalue weighted by Crippen LogP contribution is 2.56. The number of rotatable bonds is 9. The first-order valence-corrected chi connectivity index (χ1v) is 25.2. The molecule has 0 heteroatoms. The van der Waals surface area contributed by atoms with Crippen molar-refractivity contribution in [1.29, 1.82) is 0 Å². The van der Waals surface area contributed by atoms with E-state index in [1.807, 2.05) is 0 Å². The second-order valence-corrected chi connectivity index (χ2v) is 19.3. The van der Waals surface area contributed by atoms with Crippen molar-refractivity contribution in [3.8, 4) is 22.3 Å². The molecular weight excluding hydrogens is 829 g/mol. The molecule has 3 aliphatic rings. The lowest BCUT2D eigenvalue weighted by Gasteiger charge is -2.34. The topological polar surface area (TPSA) is 0 Å². The van der Waals surface area contributed by atoms with Crippen molar-refractivity contribution in [3.63, 3.8) is 0 Å². The zero-order valence-corrected chi connectivity index (χ0v) is 41.2. The lowest BCUT2D eigenvalue weighted by molar-refractivity contribution is 0.731. The van der Waals surface area contributed by atoms with Crippen LogP contribution in [0.15, 0.2) is 242 Å². The summed E-state index contributed by atoms with van der Waals surface area (Å²) in [6, 6.07) is 75.3. The van der Waals surface area contributed by atoms with Gasteiger partial charge in [0.25, 0.3) is 0 Å². The maximum Gasteiger partial charge on any atom is 0.0713 e. The lowest BCUT2D eigenvalue weighted by atomic mass is 9.67. The molecule has 0 aromatic heterocycles. The van der Waals surface area contributed by atoms with Gasteiger partial charge in [-0.1, -0.05) is 269 Å². The first-order chi connectivity index (χ1) is 33.8. The van der Waals surface area contributed by atoms with Gasteiger partial charge >= 0.3 is 0 Å². The number of benzene rings is 8. The minimum Gasteiger partial charge on any atom is -0.0836 e. The first-order valence-electron chi connectivity index (χ1n) is 25.2. The molecule has 0 spiro atoms. The zero-order chi connectivity index (χ0) is 47.6. The number of allylic oxidation sites excluding steroid dienone is 8. The van der Waals surface area contributed by atoms with E-state index in [0.29, 0.717) is 11.8 Å². The van der Waals surface area contributed by atoms with E-state index in [0.717, 1.165) is 6.42 Å². The molecule has 0 aliphatic heterocycles. The largest absolute Gasteiger partial charge is 0.0836 e. The van der Waals surface area contributed by atoms with Gasteiger partial charge < -0.3 is 0 Å². The van der Waals surface area contributed by atoms with E-state index < -0.39 is 0 Å². The maximum absolute atomic E-state index is 2.46. The van der Waals surface area contributed by atoms with Crippen LogP contribution in [0.2, 0.25) is 0 Å². The summed E-state index contributed by atoms with van der Waals surface area (Å²) < 4.78 is 0. The van der Waals surface area contributed by atoms with Crippen molar-refractivity contribution in [2.45, 2.75) is 78.1 Å². The van der Waals surface area contributed by atoms with Gasteiger partial charge in [-0.2, -0.15) is 0 Å². The fraction of sp³-hybridized carbons (Fsp3) is 0.188. The molecule has 0 radical (unpaired) electrons. The molecule has 69 heavy (non-hydrogen) atoms. The highest BCUT2D eigenvalue weighted by molar-refractivity contribution is 5.86. The van der Waals surface area contributed by atoms with Crippen molar-refractivity contribution in [1.82, 2.24) is 0 Å². The SMILES string of the molecule is CC1C=CC(c2ccccc2)=CC1.CCC(C)c1ccccc1C1=C(C)CCC=C1.Cc1ccc(-c2ccc(Cc3ccc4c(c3)C(c3ccccc3)(c3ccccc3)c3ccccc3-4)cc2)cc1. The Morgan fingerprint density at radius 3 is 1.72 bits per heavy atom. The van der Waals surface area contributed by atoms with Crippen molar-refractivity contribution in [2.75, 3.05) is 0 Å². The van der Waals surface area contributed by atoms with Crippen LogP contribution in [0.25, 0.3) is 33.4 Å². The zero-order valence-electron chi connectivity index (χ0n) is 41.2. The van der Waals surface area contributed by atoms with Gasteiger partial charge in [-0.3, -0.25) is 0 Å². The van der Waals surface area contributed by atoms with E-state index in [2.05, 4.69) is 271 Å². The molecule has 0 nitrogen and oxygen atoms in total. The molecule has 2 atom stereocenters. The summed E-state index contributed by atoms with van der Waals surface area (Å²) in [5.41, 5.74) is 22.7. The van der Waals surface area contributed by atoms with Crippen molar-refractivity contribution in [2.24, 2.45) is 5.92 Å². The quantitative estimate of drug-likeness (QED) is 0.135. The Hall–Kier alpha value is -7.28. The number of fused-ring (bicyclic) bond motifs is 3. The monoisotopic (exact) mass is 895 g/mol. The second kappa shape index (κ2) is 21.8. The molecule has 2 unspecified atom stereocenters. The van der Waals surface area contributed by atoms with Crippen LogP contribution in [0, 0.1) is 12.8 Å². The van der Waals surface area contributed by atoms with Crippen LogP contribution < -0.4 is 0 Å². The smallest absolute Gasteiger partial charge is 0.0713 e. The van der Waals surface area contributed by atoms with Gasteiger partial charge in [-0.25, -0.2) is 0 Å². The van der Waals surface area contributed by atoms with Gasteiger partial charge in [0.05, 0.1) is 5.41 Å². The standard InChI is InChI=1S/C39H30.C17H22.C13H14/c1-28-16-21-31(22-17-28)32-23-18-29(19-24-32)26-30-20-25-36-35-14-8-9-15-37(35)39(38(36)27-30,33-10-4-2-5-11-33)34-12-6-3-7-13-34;1-4-13(2)15-10-7-8-12-17(15)16-11-6-5-9-14(16)3;1-11-7-9-13(10-8-11)12-5-3-2-4-6-12/h2-25,27H,26H2,1H3;6-8,10-13H,4-5,9H2,1-3H3;2-7,9-11H,8H2,1H3. The average Bonchev–Trinajstić information content (AvgIpc) is 3.70. The second-order valence-electron chi connectivity index (χ2n) is 19.3. The molecule has 8 aromatic rings. The highest BCUT2D eigenvalue weighted by atomic mass is 14.5. The fourth-order valence-corrected chi connectivity index (χ4v) is 10.5. The van der Waals surface area contributed by atoms with Crippen molar-refractivity contribution >= 4 is 11.1 Å². The minimum absolute atomic E-state index is 0.347. The average molecular weight is 895 g/mol. The molecule has 0 heterocycles. The van der Waals surface area contributed by atoms with Gasteiger partial charge in [0, 0.05) is 0 Å². The molecule has 0 saturated heterocycles. The van der Waals surface area contributed by atoms with Gasteiger partial charge in [-0.05, 0) is 141 Å². The normalized spacial score (nSPS) is 15.7. The molecule has 3 aliphatic carbocycles. The van der Waals surface area contributed by atoms with Crippen molar-refractivity contribution < 1.29 is 0 Å². The Morgan fingerprint density at radius 1 is 0.536 bits per heavy atom. The third-order valence-corrected chi connectivity index (χ3v) is 14.5. The molecule has 0 N–H and O–H groups in total. The van der Waals surface area contributed by atoms with Crippen LogP contribution >= 0.6 is 0 Å². The molecule has 8 aromatic carbocycles. The summed E-state index contributed by atoms with van der Waals surface area (Å²) in [6.07, 6.45) is 17.1. The lowest BCUT2D eigenvalue weighted by Crippen LogP contribution is -2.28. The molecule has 11 rings (SSSR count). The summed E-state index contributed by atoms with van der Waals surface area (Å²) in [5.74, 6) is 1.34. The van der Waals surface area contributed by atoms with Crippen LogP contribution in [0.3, 0.4) is 0 Å². The maximum atomic E-state index is 2.46. The summed E-state index contributed by atoms with van der Waals surface area (Å²) in [7, 11) is 0. The molecule has 0 bridgehead atoms. The van der Waals surface area contributed by atoms with E-state index in [4.69, 9.17) is 0 Å². The Balaban J connectivity index is 0.000000161. The fourth-order valence-electron chi connectivity index (χ4n) is 10.5. The van der Waals surface area contributed by atoms with Crippen LogP contribution in [-0.2, 0) is 11.8 Å². The molecule has 0 fully saturated rings. The molecule has 342 valence electrons. The molecule has 0 amide bonds. The number of aryl methyl sites for hydroxylation is 1. The summed E-state index contributed by atoms with van der Waals surface area (Å²) in [4.78, 5) is 0. The number of hydrogen-bond donors (Lipinski definition) is 0. The van der Waals surface area contributed by atoms with Gasteiger partial charge in [-0.15, -0.1) is 0 Å². The van der Waals surface area contributed by atoms with Crippen LogP contribution in [0.1, 0.15) is 115 Å². The van der Waals surface area contributed by atoms with Crippen molar-refractivity contribution in [3.05, 3.63) is 298 Å². The minimum atomic E-state index is -0.347. The Labute approximate surface area is 413 Å². The molecule has 0 saturated carbocycles. The van der Waals surface area contributed by atoms with Gasteiger partial charge in [0.15, 0.2) is 0 Å². The summed E-state index contributed by atoms with van der Waals surface area (Å²) in [5, 5.41) is 0. The van der Waals surface area contributed by atoms with Crippen LogP contribution in [0.5, 0.6) is 0 Å². The summed E-state index contributed by atoms with van der Waals surface area (Å²) >= 11 is 0. The Morgan fingerprint density at radius 2 is 1.10 bits per heavy atom. The third kappa shape index (κ3) is 10.3.